The number of nitrogens with zero attached hydrogens (tertiary/aromatic N) is 1. The lowest BCUT2D eigenvalue weighted by molar-refractivity contribution is -0.138. The zero-order chi connectivity index (χ0) is 21.0. The van der Waals surface area contributed by atoms with E-state index < -0.39 is 35.7 Å². The van der Waals surface area contributed by atoms with Crippen LogP contribution in [0.2, 0.25) is 0 Å². The maximum Gasteiger partial charge on any atom is 0.494 e. The van der Waals surface area contributed by atoms with Crippen LogP contribution >= 0.6 is 0 Å². The Morgan fingerprint density at radius 1 is 0.893 bits per heavy atom. The Morgan fingerprint density at radius 3 is 1.89 bits per heavy atom. The maximum absolute atomic E-state index is 13.0. The van der Waals surface area contributed by atoms with E-state index in [1.165, 1.54) is 13.1 Å². The van der Waals surface area contributed by atoms with Gasteiger partial charge < -0.3 is 14.4 Å². The maximum atomic E-state index is 13.0. The molecule has 2 heterocycles. The second-order valence-electron chi connectivity index (χ2n) is 8.24. The minimum absolute atomic E-state index is 0.0608. The molecule has 1 aromatic carbocycles. The van der Waals surface area contributed by atoms with E-state index in [0.29, 0.717) is 5.56 Å². The summed E-state index contributed by atoms with van der Waals surface area (Å²) in [4.78, 5) is 3.64. The normalized spacial score (nSPS) is 20.8. The first-order valence-electron chi connectivity index (χ1n) is 8.95. The molecule has 4 nitrogen and oxygen atoms in total. The van der Waals surface area contributed by atoms with Crippen molar-refractivity contribution in [1.82, 2.24) is 4.98 Å². The Balaban J connectivity index is 1.87. The fourth-order valence-electron chi connectivity index (χ4n) is 2.97. The molecule has 0 aliphatic carbocycles. The van der Waals surface area contributed by atoms with Crippen molar-refractivity contribution in [2.75, 3.05) is 0 Å². The predicted octanol–water partition coefficient (Wildman–Crippen LogP) is 3.66. The van der Waals surface area contributed by atoms with Crippen LogP contribution < -0.4 is 5.46 Å². The Bertz CT molecular complexity index is 848. The molecule has 0 saturated carbocycles. The molecule has 1 N–H and O–H groups in total. The molecule has 1 aromatic heterocycles. The number of hydrogen-bond acceptors (Lipinski definition) is 4. The van der Waals surface area contributed by atoms with Crippen LogP contribution in [0.25, 0.3) is 0 Å². The highest BCUT2D eigenvalue weighted by Crippen LogP contribution is 2.37. The van der Waals surface area contributed by atoms with Crippen molar-refractivity contribution in [3.05, 3.63) is 59.4 Å². The zero-order valence-electron chi connectivity index (χ0n) is 16.5. The topological polar surface area (TPSA) is 51.6 Å². The molecule has 2 aromatic rings. The average Bonchev–Trinajstić information content (AvgIpc) is 2.82. The summed E-state index contributed by atoms with van der Waals surface area (Å²) in [6.45, 7) is 9.24. The molecule has 3 rings (SSSR count). The summed E-state index contributed by atoms with van der Waals surface area (Å²) >= 11 is 0. The molecular formula is C20H23BF3NO3. The summed E-state index contributed by atoms with van der Waals surface area (Å²) in [6, 6.07) is 7.70. The highest BCUT2D eigenvalue weighted by atomic mass is 19.4. The molecule has 28 heavy (non-hydrogen) atoms. The van der Waals surface area contributed by atoms with Crippen LogP contribution in [0.15, 0.2) is 42.7 Å². The van der Waals surface area contributed by atoms with E-state index in [-0.39, 0.29) is 5.56 Å². The molecule has 0 bridgehead atoms. The zero-order valence-corrected chi connectivity index (χ0v) is 16.5. The number of rotatable bonds is 3. The van der Waals surface area contributed by atoms with Crippen LogP contribution in [-0.4, -0.2) is 28.4 Å². The van der Waals surface area contributed by atoms with Crippen molar-refractivity contribution in [3.63, 3.8) is 0 Å². The van der Waals surface area contributed by atoms with E-state index >= 15 is 0 Å². The van der Waals surface area contributed by atoms with Gasteiger partial charge in [0.05, 0.1) is 16.8 Å². The molecule has 1 aliphatic heterocycles. The van der Waals surface area contributed by atoms with Crippen LogP contribution in [0, 0.1) is 0 Å². The van der Waals surface area contributed by atoms with Gasteiger partial charge in [0.2, 0.25) is 0 Å². The van der Waals surface area contributed by atoms with Gasteiger partial charge in [-0.3, -0.25) is 4.98 Å². The largest absolute Gasteiger partial charge is 0.494 e. The Labute approximate surface area is 162 Å². The Kier molecular flexibility index (Phi) is 4.89. The second kappa shape index (κ2) is 6.57. The SMILES string of the molecule is CC(O)(c1ccc(B2OC(C)(C)C(C)(C)O2)cc1)c1cncc(C(F)(F)F)c1. The molecule has 1 fully saturated rings. The first kappa shape index (κ1) is 20.8. The summed E-state index contributed by atoms with van der Waals surface area (Å²) in [5, 5.41) is 10.9. The fourth-order valence-corrected chi connectivity index (χ4v) is 2.97. The molecule has 1 aliphatic rings. The van der Waals surface area contributed by atoms with Crippen LogP contribution in [0.4, 0.5) is 13.2 Å². The molecular weight excluding hydrogens is 370 g/mol. The molecule has 0 spiro atoms. The lowest BCUT2D eigenvalue weighted by atomic mass is 9.77. The van der Waals surface area contributed by atoms with Gasteiger partial charge >= 0.3 is 13.3 Å². The first-order valence-corrected chi connectivity index (χ1v) is 8.95. The lowest BCUT2D eigenvalue weighted by Gasteiger charge is -2.32. The van der Waals surface area contributed by atoms with Crippen molar-refractivity contribution in [3.8, 4) is 0 Å². The third kappa shape index (κ3) is 3.68. The molecule has 0 amide bonds. The number of hydrogen-bond donors (Lipinski definition) is 1. The van der Waals surface area contributed by atoms with Gasteiger partial charge in [-0.05, 0) is 51.7 Å². The van der Waals surface area contributed by atoms with Gasteiger partial charge in [-0.25, -0.2) is 0 Å². The van der Waals surface area contributed by atoms with Crippen LogP contribution in [0.3, 0.4) is 0 Å². The van der Waals surface area contributed by atoms with Crippen molar-refractivity contribution in [2.45, 2.75) is 57.6 Å². The van der Waals surface area contributed by atoms with E-state index in [1.54, 1.807) is 24.3 Å². The number of aliphatic hydroxyl groups is 1. The predicted molar refractivity (Wildman–Crippen MR) is 100 cm³/mol. The third-order valence-electron chi connectivity index (χ3n) is 5.63. The smallest absolute Gasteiger partial charge is 0.399 e. The van der Waals surface area contributed by atoms with Gasteiger partial charge in [0.25, 0.3) is 0 Å². The summed E-state index contributed by atoms with van der Waals surface area (Å²) < 4.78 is 50.9. The minimum atomic E-state index is -4.53. The monoisotopic (exact) mass is 393 g/mol. The summed E-state index contributed by atoms with van der Waals surface area (Å²) in [5.41, 5.74) is -2.24. The number of alkyl halides is 3. The highest BCUT2D eigenvalue weighted by Gasteiger charge is 2.51. The van der Waals surface area contributed by atoms with E-state index in [1.807, 2.05) is 27.7 Å². The van der Waals surface area contributed by atoms with Gasteiger partial charge in [-0.2, -0.15) is 13.2 Å². The number of pyridine rings is 1. The van der Waals surface area contributed by atoms with E-state index in [2.05, 4.69) is 4.98 Å². The average molecular weight is 393 g/mol. The number of aromatic nitrogens is 1. The number of halogens is 3. The fraction of sp³-hybridized carbons (Fsp3) is 0.450. The van der Waals surface area contributed by atoms with Crippen molar-refractivity contribution in [1.29, 1.82) is 0 Å². The van der Waals surface area contributed by atoms with Gasteiger partial charge in [0.15, 0.2) is 0 Å². The molecule has 1 saturated heterocycles. The van der Waals surface area contributed by atoms with Gasteiger partial charge in [-0.15, -0.1) is 0 Å². The highest BCUT2D eigenvalue weighted by molar-refractivity contribution is 6.62. The van der Waals surface area contributed by atoms with Crippen LogP contribution in [0.5, 0.6) is 0 Å². The van der Waals surface area contributed by atoms with Crippen LogP contribution in [0.1, 0.15) is 51.3 Å². The molecule has 0 radical (unpaired) electrons. The first-order chi connectivity index (χ1) is 12.7. The molecule has 150 valence electrons. The van der Waals surface area contributed by atoms with E-state index in [0.717, 1.165) is 17.7 Å². The van der Waals surface area contributed by atoms with Crippen molar-refractivity contribution < 1.29 is 27.6 Å². The van der Waals surface area contributed by atoms with E-state index in [9.17, 15) is 18.3 Å². The second-order valence-corrected chi connectivity index (χ2v) is 8.24. The van der Waals surface area contributed by atoms with Gasteiger partial charge in [0.1, 0.15) is 5.60 Å². The minimum Gasteiger partial charge on any atom is -0.399 e. The summed E-state index contributed by atoms with van der Waals surface area (Å²) in [7, 11) is -0.556. The molecule has 8 heteroatoms. The number of benzene rings is 1. The van der Waals surface area contributed by atoms with Gasteiger partial charge in [0, 0.05) is 18.0 Å². The molecule has 1 atom stereocenters. The van der Waals surface area contributed by atoms with Crippen molar-refractivity contribution >= 4 is 12.6 Å². The summed E-state index contributed by atoms with van der Waals surface area (Å²) in [6.07, 6.45) is -2.56. The standard InChI is InChI=1S/C20H23BF3NO3/c1-17(2)18(3,4)28-21(27-17)16-8-6-13(7-9-16)19(5,26)14-10-15(12-25-11-14)20(22,23)24/h6-12,26H,1-5H3. The third-order valence-corrected chi connectivity index (χ3v) is 5.63. The van der Waals surface area contributed by atoms with Crippen molar-refractivity contribution in [2.24, 2.45) is 0 Å². The molecule has 1 unspecified atom stereocenters. The summed E-state index contributed by atoms with van der Waals surface area (Å²) in [5.74, 6) is 0. The van der Waals surface area contributed by atoms with Gasteiger partial charge in [-0.1, -0.05) is 24.3 Å². The Hall–Kier alpha value is -1.90. The quantitative estimate of drug-likeness (QED) is 0.809. The Morgan fingerprint density at radius 2 is 1.39 bits per heavy atom. The van der Waals surface area contributed by atoms with E-state index in [4.69, 9.17) is 9.31 Å². The van der Waals surface area contributed by atoms with Crippen LogP contribution in [-0.2, 0) is 21.1 Å². The lowest BCUT2D eigenvalue weighted by Crippen LogP contribution is -2.41.